The molecule has 2 aromatic carbocycles. The summed E-state index contributed by atoms with van der Waals surface area (Å²) in [5.41, 5.74) is 2.34. The van der Waals surface area contributed by atoms with Crippen molar-refractivity contribution in [3.63, 3.8) is 0 Å². The van der Waals surface area contributed by atoms with Gasteiger partial charge in [0, 0.05) is 48.9 Å². The highest BCUT2D eigenvalue weighted by Gasteiger charge is 2.35. The molecule has 1 saturated heterocycles. The molecule has 0 aromatic heterocycles. The van der Waals surface area contributed by atoms with Crippen molar-refractivity contribution < 1.29 is 24.4 Å². The third-order valence-corrected chi connectivity index (χ3v) is 6.61. The number of carbonyl (C=O) groups excluding carboxylic acids is 2. The number of carbonyl (C=O) groups is 2. The monoisotopic (exact) mass is 482 g/mol. The molecule has 0 saturated carbocycles. The van der Waals surface area contributed by atoms with Crippen LogP contribution >= 0.6 is 0 Å². The second-order valence-electron chi connectivity index (χ2n) is 9.05. The number of hydrogen-bond acceptors (Lipinski definition) is 7. The van der Waals surface area contributed by atoms with Crippen LogP contribution in [0.25, 0.3) is 0 Å². The van der Waals surface area contributed by atoms with Gasteiger partial charge in [0.1, 0.15) is 12.3 Å². The van der Waals surface area contributed by atoms with Gasteiger partial charge in [-0.15, -0.1) is 0 Å². The average molecular weight is 483 g/mol. The van der Waals surface area contributed by atoms with Gasteiger partial charge in [0.25, 0.3) is 11.6 Å². The van der Waals surface area contributed by atoms with E-state index in [-0.39, 0.29) is 55.1 Å². The SMILES string of the molecule is CC(C)N(CCO)C(=O)c1ccc(N2CCC(N3C(=O)OCc4ccccc43)CC2)c([N+](=O)[O-])c1. The van der Waals surface area contributed by atoms with Crippen molar-refractivity contribution in [2.45, 2.75) is 45.4 Å². The second kappa shape index (κ2) is 10.3. The van der Waals surface area contributed by atoms with Crippen molar-refractivity contribution in [3.05, 3.63) is 63.7 Å². The van der Waals surface area contributed by atoms with Gasteiger partial charge in [-0.3, -0.25) is 19.8 Å². The fourth-order valence-electron chi connectivity index (χ4n) is 4.82. The zero-order chi connectivity index (χ0) is 25.1. The van der Waals surface area contributed by atoms with E-state index in [1.54, 1.807) is 17.0 Å². The summed E-state index contributed by atoms with van der Waals surface area (Å²) in [4.78, 5) is 42.0. The third kappa shape index (κ3) is 4.93. The molecule has 0 bridgehead atoms. The first-order valence-corrected chi connectivity index (χ1v) is 11.8. The lowest BCUT2D eigenvalue weighted by Gasteiger charge is -2.40. The summed E-state index contributed by atoms with van der Waals surface area (Å²) in [6.07, 6.45) is 0.881. The van der Waals surface area contributed by atoms with E-state index in [1.807, 2.05) is 43.0 Å². The van der Waals surface area contributed by atoms with E-state index in [2.05, 4.69) is 0 Å². The Bertz CT molecular complexity index is 1110. The smallest absolute Gasteiger partial charge is 0.414 e. The molecule has 2 amide bonds. The molecule has 10 heteroatoms. The molecule has 186 valence electrons. The number of benzene rings is 2. The van der Waals surface area contributed by atoms with Gasteiger partial charge in [0.05, 0.1) is 17.2 Å². The number of nitro groups is 1. The van der Waals surface area contributed by atoms with Crippen molar-refractivity contribution in [3.8, 4) is 0 Å². The van der Waals surface area contributed by atoms with Crippen LogP contribution in [-0.4, -0.2) is 65.3 Å². The Morgan fingerprint density at radius 3 is 2.57 bits per heavy atom. The minimum absolute atomic E-state index is 0.0711. The van der Waals surface area contributed by atoms with Gasteiger partial charge in [-0.05, 0) is 44.9 Å². The maximum atomic E-state index is 12.9. The summed E-state index contributed by atoms with van der Waals surface area (Å²) in [7, 11) is 0. The predicted molar refractivity (Wildman–Crippen MR) is 131 cm³/mol. The number of aliphatic hydroxyl groups is 1. The number of nitrogens with zero attached hydrogens (tertiary/aromatic N) is 4. The van der Waals surface area contributed by atoms with E-state index in [0.29, 0.717) is 31.6 Å². The van der Waals surface area contributed by atoms with Gasteiger partial charge in [-0.25, -0.2) is 4.79 Å². The molecule has 2 heterocycles. The maximum absolute atomic E-state index is 12.9. The zero-order valence-corrected chi connectivity index (χ0v) is 19.9. The minimum Gasteiger partial charge on any atom is -0.444 e. The van der Waals surface area contributed by atoms with Gasteiger partial charge in [0.2, 0.25) is 0 Å². The van der Waals surface area contributed by atoms with Crippen LogP contribution in [0.3, 0.4) is 0 Å². The summed E-state index contributed by atoms with van der Waals surface area (Å²) in [5.74, 6) is -0.357. The number of piperidine rings is 1. The van der Waals surface area contributed by atoms with Crippen LogP contribution in [0.4, 0.5) is 21.9 Å². The van der Waals surface area contributed by atoms with Crippen molar-refractivity contribution in [1.82, 2.24) is 4.90 Å². The normalized spacial score (nSPS) is 16.2. The Balaban J connectivity index is 1.52. The first-order valence-electron chi connectivity index (χ1n) is 11.8. The topological polar surface area (TPSA) is 116 Å². The summed E-state index contributed by atoms with van der Waals surface area (Å²) in [5, 5.41) is 21.2. The standard InChI is InChI=1S/C25H30N4O6/c1-17(2)27(13-14-30)24(31)18-7-8-22(23(15-18)29(33)34)26-11-9-20(10-12-26)28-21-6-4-3-5-19(21)16-35-25(28)32/h3-8,15,17,20,30H,9-14,16H2,1-2H3. The van der Waals surface area contributed by atoms with Crippen LogP contribution in [0, 0.1) is 10.1 Å². The molecule has 0 aliphatic carbocycles. The van der Waals surface area contributed by atoms with Crippen molar-refractivity contribution in [2.24, 2.45) is 0 Å². The molecule has 0 atom stereocenters. The van der Waals surface area contributed by atoms with E-state index in [0.717, 1.165) is 11.3 Å². The van der Waals surface area contributed by atoms with Crippen molar-refractivity contribution >= 4 is 29.1 Å². The first kappa shape index (κ1) is 24.5. The number of amides is 2. The van der Waals surface area contributed by atoms with Crippen LogP contribution in [0.1, 0.15) is 42.6 Å². The van der Waals surface area contributed by atoms with Crippen LogP contribution in [0.2, 0.25) is 0 Å². The Morgan fingerprint density at radius 1 is 1.20 bits per heavy atom. The number of ether oxygens (including phenoxy) is 1. The van der Waals surface area contributed by atoms with Gasteiger partial charge >= 0.3 is 6.09 Å². The summed E-state index contributed by atoms with van der Waals surface area (Å²) >= 11 is 0. The molecule has 1 fully saturated rings. The number of nitro benzene ring substituents is 1. The molecular weight excluding hydrogens is 452 g/mol. The zero-order valence-electron chi connectivity index (χ0n) is 19.9. The molecule has 2 aromatic rings. The van der Waals surface area contributed by atoms with Crippen LogP contribution in [0.15, 0.2) is 42.5 Å². The first-order chi connectivity index (χ1) is 16.8. The highest BCUT2D eigenvalue weighted by atomic mass is 16.6. The Hall–Kier alpha value is -3.66. The van der Waals surface area contributed by atoms with Crippen molar-refractivity contribution in [1.29, 1.82) is 0 Å². The quantitative estimate of drug-likeness (QED) is 0.474. The highest BCUT2D eigenvalue weighted by Crippen LogP contribution is 2.35. The van der Waals surface area contributed by atoms with E-state index >= 15 is 0 Å². The van der Waals surface area contributed by atoms with E-state index in [9.17, 15) is 24.8 Å². The predicted octanol–water partition coefficient (Wildman–Crippen LogP) is 3.56. The van der Waals surface area contributed by atoms with E-state index in [4.69, 9.17) is 4.74 Å². The minimum atomic E-state index is -0.470. The summed E-state index contributed by atoms with van der Waals surface area (Å²) < 4.78 is 5.35. The molecule has 0 spiro atoms. The lowest BCUT2D eigenvalue weighted by molar-refractivity contribution is -0.384. The number of fused-ring (bicyclic) bond motifs is 1. The van der Waals surface area contributed by atoms with Crippen LogP contribution in [-0.2, 0) is 11.3 Å². The number of rotatable bonds is 7. The molecule has 10 nitrogen and oxygen atoms in total. The molecule has 1 N–H and O–H groups in total. The van der Waals surface area contributed by atoms with Crippen molar-refractivity contribution in [2.75, 3.05) is 36.0 Å². The molecule has 35 heavy (non-hydrogen) atoms. The Labute approximate surface area is 203 Å². The summed E-state index contributed by atoms with van der Waals surface area (Å²) in [6.45, 7) is 4.93. The molecule has 0 unspecified atom stereocenters. The second-order valence-corrected chi connectivity index (χ2v) is 9.05. The fourth-order valence-corrected chi connectivity index (χ4v) is 4.82. The van der Waals surface area contributed by atoms with Gasteiger partial charge in [0.15, 0.2) is 0 Å². The Kier molecular flexibility index (Phi) is 7.20. The Morgan fingerprint density at radius 2 is 1.91 bits per heavy atom. The number of aliphatic hydroxyl groups excluding tert-OH is 1. The third-order valence-electron chi connectivity index (χ3n) is 6.61. The summed E-state index contributed by atoms with van der Waals surface area (Å²) in [6, 6.07) is 12.0. The van der Waals surface area contributed by atoms with Gasteiger partial charge in [-0.1, -0.05) is 18.2 Å². The fraction of sp³-hybridized carbons (Fsp3) is 0.440. The molecular formula is C25H30N4O6. The number of para-hydroxylation sites is 1. The highest BCUT2D eigenvalue weighted by molar-refractivity contribution is 5.96. The van der Waals surface area contributed by atoms with Gasteiger partial charge in [-0.2, -0.15) is 0 Å². The largest absolute Gasteiger partial charge is 0.444 e. The number of cyclic esters (lactones) is 1. The van der Waals surface area contributed by atoms with Gasteiger partial charge < -0.3 is 19.6 Å². The number of anilines is 2. The lowest BCUT2D eigenvalue weighted by Crippen LogP contribution is -2.49. The van der Waals surface area contributed by atoms with E-state index < -0.39 is 4.92 Å². The molecule has 4 rings (SSSR count). The average Bonchev–Trinajstić information content (AvgIpc) is 2.86. The molecule has 0 radical (unpaired) electrons. The van der Waals surface area contributed by atoms with Crippen LogP contribution in [0.5, 0.6) is 0 Å². The number of hydrogen-bond donors (Lipinski definition) is 1. The maximum Gasteiger partial charge on any atom is 0.414 e. The molecule has 2 aliphatic rings. The lowest BCUT2D eigenvalue weighted by atomic mass is 9.99. The van der Waals surface area contributed by atoms with Crippen LogP contribution < -0.4 is 9.80 Å². The van der Waals surface area contributed by atoms with E-state index in [1.165, 1.54) is 11.0 Å². The molecule has 2 aliphatic heterocycles.